The Labute approximate surface area is 191 Å². The van der Waals surface area contributed by atoms with Gasteiger partial charge in [0.2, 0.25) is 21.7 Å². The summed E-state index contributed by atoms with van der Waals surface area (Å²) in [6, 6.07) is 3.63. The Morgan fingerprint density at radius 2 is 2.00 bits per heavy atom. The van der Waals surface area contributed by atoms with Gasteiger partial charge in [0.05, 0.1) is 12.5 Å². The van der Waals surface area contributed by atoms with Crippen molar-refractivity contribution in [3.63, 3.8) is 0 Å². The van der Waals surface area contributed by atoms with E-state index in [4.69, 9.17) is 13.8 Å². The van der Waals surface area contributed by atoms with Gasteiger partial charge in [-0.1, -0.05) is 10.3 Å². The molecule has 0 unspecified atom stereocenters. The van der Waals surface area contributed by atoms with E-state index in [0.717, 1.165) is 5.56 Å². The first-order chi connectivity index (χ1) is 15.9. The molecule has 0 aliphatic carbocycles. The molecule has 1 aliphatic rings. The van der Waals surface area contributed by atoms with Gasteiger partial charge >= 0.3 is 5.97 Å². The zero-order chi connectivity index (χ0) is 23.4. The quantitative estimate of drug-likeness (QED) is 0.352. The van der Waals surface area contributed by atoms with E-state index in [1.54, 1.807) is 32.3 Å². The highest BCUT2D eigenvalue weighted by atomic mass is 32.2. The molecule has 0 bridgehead atoms. The fraction of sp³-hybridized carbons (Fsp3) is 0.476. The van der Waals surface area contributed by atoms with Crippen LogP contribution in [0.5, 0.6) is 0 Å². The maximum atomic E-state index is 12.9. The molecule has 3 aromatic rings. The second-order valence-corrected chi connectivity index (χ2v) is 9.73. The number of aromatic nitrogens is 4. The SMILES string of the molecule is Cc1noc(C)c1S(=O)(=O)N1CCC(C(=O)OCCCc2nc(-c3cccnc3)no2)CC1. The topological polar surface area (TPSA) is 142 Å². The maximum absolute atomic E-state index is 12.9. The largest absolute Gasteiger partial charge is 0.465 e. The van der Waals surface area contributed by atoms with Crippen LogP contribution in [0.2, 0.25) is 0 Å². The minimum absolute atomic E-state index is 0.108. The lowest BCUT2D eigenvalue weighted by Gasteiger charge is -2.29. The highest BCUT2D eigenvalue weighted by molar-refractivity contribution is 7.89. The molecule has 0 saturated carbocycles. The van der Waals surface area contributed by atoms with Gasteiger partial charge in [-0.3, -0.25) is 9.78 Å². The molecule has 3 aromatic heterocycles. The number of hydrogen-bond acceptors (Lipinski definition) is 10. The van der Waals surface area contributed by atoms with Crippen LogP contribution in [0.4, 0.5) is 0 Å². The van der Waals surface area contributed by atoms with E-state index < -0.39 is 10.0 Å². The Hall–Kier alpha value is -3.12. The molecule has 1 fully saturated rings. The van der Waals surface area contributed by atoms with Crippen molar-refractivity contribution in [2.24, 2.45) is 5.92 Å². The standard InChI is InChI=1S/C21H25N5O6S/c1-14-19(15(2)31-24-14)33(28,29)26-10-7-16(8-11-26)21(27)30-12-4-6-18-23-20(25-32-18)17-5-3-9-22-13-17/h3,5,9,13,16H,4,6-8,10-12H2,1-2H3. The van der Waals surface area contributed by atoms with E-state index in [-0.39, 0.29) is 42.2 Å². The molecule has 0 atom stereocenters. The summed E-state index contributed by atoms with van der Waals surface area (Å²) in [5.74, 6) is 0.548. The lowest BCUT2D eigenvalue weighted by molar-refractivity contribution is -0.149. The molecule has 1 aliphatic heterocycles. The lowest BCUT2D eigenvalue weighted by Crippen LogP contribution is -2.40. The number of piperidine rings is 1. The van der Waals surface area contributed by atoms with E-state index in [0.29, 0.717) is 43.1 Å². The highest BCUT2D eigenvalue weighted by Crippen LogP contribution is 2.28. The van der Waals surface area contributed by atoms with Crippen LogP contribution in [0, 0.1) is 19.8 Å². The second-order valence-electron chi connectivity index (χ2n) is 7.86. The van der Waals surface area contributed by atoms with Gasteiger partial charge in [-0.05, 0) is 45.2 Å². The van der Waals surface area contributed by atoms with Gasteiger partial charge in [0.1, 0.15) is 10.6 Å². The van der Waals surface area contributed by atoms with Crippen molar-refractivity contribution in [3.05, 3.63) is 41.9 Å². The Balaban J connectivity index is 1.21. The smallest absolute Gasteiger partial charge is 0.309 e. The summed E-state index contributed by atoms with van der Waals surface area (Å²) in [7, 11) is -3.70. The zero-order valence-electron chi connectivity index (χ0n) is 18.4. The van der Waals surface area contributed by atoms with Crippen LogP contribution in [0.25, 0.3) is 11.4 Å². The number of sulfonamides is 1. The molecule has 0 amide bonds. The normalized spacial score (nSPS) is 15.6. The van der Waals surface area contributed by atoms with Crippen LogP contribution in [-0.2, 0) is 26.0 Å². The number of aryl methyl sites for hydroxylation is 3. The second kappa shape index (κ2) is 9.79. The van der Waals surface area contributed by atoms with Gasteiger partial charge in [0.15, 0.2) is 5.76 Å². The number of rotatable bonds is 8. The predicted molar refractivity (Wildman–Crippen MR) is 114 cm³/mol. The number of carbonyl (C=O) groups is 1. The molecule has 0 radical (unpaired) electrons. The van der Waals surface area contributed by atoms with Crippen molar-refractivity contribution >= 4 is 16.0 Å². The third-order valence-corrected chi connectivity index (χ3v) is 7.66. The van der Waals surface area contributed by atoms with Crippen LogP contribution in [0.15, 0.2) is 38.5 Å². The molecular formula is C21H25N5O6S. The van der Waals surface area contributed by atoms with Gasteiger partial charge in [-0.25, -0.2) is 8.42 Å². The number of ether oxygens (including phenoxy) is 1. The van der Waals surface area contributed by atoms with E-state index in [9.17, 15) is 13.2 Å². The van der Waals surface area contributed by atoms with Gasteiger partial charge in [-0.2, -0.15) is 9.29 Å². The molecule has 0 aromatic carbocycles. The summed E-state index contributed by atoms with van der Waals surface area (Å²) < 4.78 is 42.8. The molecule has 4 rings (SSSR count). The summed E-state index contributed by atoms with van der Waals surface area (Å²) in [5.41, 5.74) is 1.10. The van der Waals surface area contributed by atoms with Crippen LogP contribution in [0.3, 0.4) is 0 Å². The van der Waals surface area contributed by atoms with Crippen molar-refractivity contribution in [1.29, 1.82) is 0 Å². The number of carbonyl (C=O) groups excluding carboxylic acids is 1. The van der Waals surface area contributed by atoms with Gasteiger partial charge in [0.25, 0.3) is 0 Å². The van der Waals surface area contributed by atoms with E-state index >= 15 is 0 Å². The van der Waals surface area contributed by atoms with Gasteiger partial charge in [0, 0.05) is 37.5 Å². The lowest BCUT2D eigenvalue weighted by atomic mass is 9.98. The van der Waals surface area contributed by atoms with Crippen LogP contribution in [-0.4, -0.2) is 58.7 Å². The van der Waals surface area contributed by atoms with Gasteiger partial charge < -0.3 is 13.8 Å². The molecule has 176 valence electrons. The number of pyridine rings is 1. The molecule has 33 heavy (non-hydrogen) atoms. The minimum atomic E-state index is -3.70. The van der Waals surface area contributed by atoms with Crippen LogP contribution >= 0.6 is 0 Å². The van der Waals surface area contributed by atoms with Gasteiger partial charge in [-0.15, -0.1) is 0 Å². The average Bonchev–Trinajstić information content (AvgIpc) is 3.43. The summed E-state index contributed by atoms with van der Waals surface area (Å²) >= 11 is 0. The molecule has 4 heterocycles. The van der Waals surface area contributed by atoms with Crippen LogP contribution in [0.1, 0.15) is 36.6 Å². The van der Waals surface area contributed by atoms with E-state index in [2.05, 4.69) is 20.3 Å². The Bertz CT molecular complexity index is 1180. The summed E-state index contributed by atoms with van der Waals surface area (Å²) in [6.07, 6.45) is 5.15. The Morgan fingerprint density at radius 1 is 1.21 bits per heavy atom. The summed E-state index contributed by atoms with van der Waals surface area (Å²) in [5, 5.41) is 7.66. The third kappa shape index (κ3) is 5.11. The fourth-order valence-corrected chi connectivity index (χ4v) is 5.55. The number of hydrogen-bond donors (Lipinski definition) is 0. The van der Waals surface area contributed by atoms with Crippen molar-refractivity contribution in [3.8, 4) is 11.4 Å². The summed E-state index contributed by atoms with van der Waals surface area (Å²) in [6.45, 7) is 3.88. The number of esters is 1. The zero-order valence-corrected chi connectivity index (χ0v) is 19.2. The van der Waals surface area contributed by atoms with Crippen molar-refractivity contribution in [2.45, 2.75) is 44.4 Å². The number of nitrogens with zero attached hydrogens (tertiary/aromatic N) is 5. The summed E-state index contributed by atoms with van der Waals surface area (Å²) in [4.78, 5) is 20.9. The van der Waals surface area contributed by atoms with Crippen molar-refractivity contribution in [1.82, 2.24) is 24.6 Å². The molecule has 0 spiro atoms. The molecule has 11 nitrogen and oxygen atoms in total. The predicted octanol–water partition coefficient (Wildman–Crippen LogP) is 2.31. The van der Waals surface area contributed by atoms with E-state index in [1.807, 2.05) is 6.07 Å². The monoisotopic (exact) mass is 475 g/mol. The minimum Gasteiger partial charge on any atom is -0.465 e. The Morgan fingerprint density at radius 3 is 2.67 bits per heavy atom. The molecular weight excluding hydrogens is 450 g/mol. The molecule has 1 saturated heterocycles. The fourth-order valence-electron chi connectivity index (χ4n) is 3.79. The first kappa shape index (κ1) is 23.1. The van der Waals surface area contributed by atoms with Crippen LogP contribution < -0.4 is 0 Å². The first-order valence-corrected chi connectivity index (χ1v) is 12.1. The van der Waals surface area contributed by atoms with Crippen molar-refractivity contribution in [2.75, 3.05) is 19.7 Å². The van der Waals surface area contributed by atoms with E-state index in [1.165, 1.54) is 4.31 Å². The Kier molecular flexibility index (Phi) is 6.84. The molecule has 0 N–H and O–H groups in total. The molecule has 12 heteroatoms. The first-order valence-electron chi connectivity index (χ1n) is 10.7. The average molecular weight is 476 g/mol. The highest BCUT2D eigenvalue weighted by Gasteiger charge is 2.35. The maximum Gasteiger partial charge on any atom is 0.309 e. The van der Waals surface area contributed by atoms with Crippen molar-refractivity contribution < 1.29 is 27.0 Å². The third-order valence-electron chi connectivity index (χ3n) is 5.52.